The third-order valence-electron chi connectivity index (χ3n) is 5.18. The molecule has 2 aromatic rings. The van der Waals surface area contributed by atoms with Crippen LogP contribution >= 0.6 is 11.6 Å². The molecule has 0 spiro atoms. The second-order valence-corrected chi connectivity index (χ2v) is 8.56. The first-order valence-corrected chi connectivity index (χ1v) is 11.0. The van der Waals surface area contributed by atoms with Gasteiger partial charge in [0.2, 0.25) is 0 Å². The molecule has 0 aliphatic carbocycles. The Morgan fingerprint density at radius 1 is 1.09 bits per heavy atom. The molecule has 1 saturated heterocycles. The van der Waals surface area contributed by atoms with E-state index in [2.05, 4.69) is 13.8 Å². The van der Waals surface area contributed by atoms with Gasteiger partial charge in [-0.15, -0.1) is 0 Å². The predicted octanol–water partition coefficient (Wildman–Crippen LogP) is 4.83. The van der Waals surface area contributed by atoms with E-state index in [0.29, 0.717) is 54.0 Å². The maximum atomic E-state index is 13.0. The van der Waals surface area contributed by atoms with Crippen molar-refractivity contribution in [2.75, 3.05) is 26.9 Å². The molecule has 1 fully saturated rings. The molecule has 1 unspecified atom stereocenters. The second-order valence-electron chi connectivity index (χ2n) is 8.12. The van der Waals surface area contributed by atoms with Crippen molar-refractivity contribution in [3.05, 3.63) is 70.3 Å². The van der Waals surface area contributed by atoms with Crippen LogP contribution in [0, 0.1) is 5.92 Å². The molecule has 0 bridgehead atoms. The van der Waals surface area contributed by atoms with E-state index < -0.39 is 17.7 Å². The van der Waals surface area contributed by atoms with E-state index in [1.807, 2.05) is 0 Å². The number of amides is 1. The van der Waals surface area contributed by atoms with Gasteiger partial charge in [0.1, 0.15) is 11.5 Å². The third-order valence-corrected chi connectivity index (χ3v) is 5.44. The Balaban J connectivity index is 2.00. The summed E-state index contributed by atoms with van der Waals surface area (Å²) in [6.45, 7) is 5.47. The Kier molecular flexibility index (Phi) is 7.94. The fourth-order valence-corrected chi connectivity index (χ4v) is 3.73. The number of hydrogen-bond acceptors (Lipinski definition) is 5. The Morgan fingerprint density at radius 2 is 1.75 bits per heavy atom. The Labute approximate surface area is 193 Å². The summed E-state index contributed by atoms with van der Waals surface area (Å²) in [7, 11) is 1.58. The van der Waals surface area contributed by atoms with Gasteiger partial charge in [-0.25, -0.2) is 0 Å². The van der Waals surface area contributed by atoms with Crippen molar-refractivity contribution >= 4 is 29.1 Å². The van der Waals surface area contributed by atoms with Crippen LogP contribution in [0.2, 0.25) is 5.02 Å². The van der Waals surface area contributed by atoms with Gasteiger partial charge in [-0.1, -0.05) is 37.6 Å². The van der Waals surface area contributed by atoms with Crippen LogP contribution in [0.1, 0.15) is 37.4 Å². The van der Waals surface area contributed by atoms with Gasteiger partial charge in [-0.2, -0.15) is 0 Å². The number of nitrogens with zero attached hydrogens (tertiary/aromatic N) is 1. The minimum absolute atomic E-state index is 0.0607. The number of methoxy groups -OCH3 is 1. The molecule has 1 atom stereocenters. The molecule has 1 aliphatic rings. The van der Waals surface area contributed by atoms with E-state index in [-0.39, 0.29) is 11.3 Å². The number of carbonyl (C=O) groups is 2. The zero-order valence-corrected chi connectivity index (χ0v) is 19.3. The number of hydrogen-bond donors (Lipinski definition) is 1. The highest BCUT2D eigenvalue weighted by Crippen LogP contribution is 2.39. The normalized spacial score (nSPS) is 17.9. The number of aliphatic hydroxyl groups is 1. The quantitative estimate of drug-likeness (QED) is 0.252. The van der Waals surface area contributed by atoms with Crippen LogP contribution in [-0.4, -0.2) is 48.6 Å². The summed E-state index contributed by atoms with van der Waals surface area (Å²) in [6, 6.07) is 13.1. The van der Waals surface area contributed by atoms with Crippen LogP contribution in [-0.2, 0) is 14.3 Å². The van der Waals surface area contributed by atoms with E-state index >= 15 is 0 Å². The van der Waals surface area contributed by atoms with Crippen molar-refractivity contribution in [3.63, 3.8) is 0 Å². The molecule has 2 aromatic carbocycles. The molecule has 1 N–H and O–H groups in total. The minimum atomic E-state index is -0.708. The lowest BCUT2D eigenvalue weighted by Crippen LogP contribution is -2.31. The van der Waals surface area contributed by atoms with Gasteiger partial charge in [-0.3, -0.25) is 9.59 Å². The van der Waals surface area contributed by atoms with E-state index in [1.54, 1.807) is 55.6 Å². The minimum Gasteiger partial charge on any atom is -0.507 e. The highest BCUT2D eigenvalue weighted by atomic mass is 35.5. The van der Waals surface area contributed by atoms with Crippen LogP contribution in [0.15, 0.2) is 54.1 Å². The van der Waals surface area contributed by atoms with Crippen LogP contribution in [0.5, 0.6) is 5.75 Å². The van der Waals surface area contributed by atoms with Crippen LogP contribution in [0.25, 0.3) is 5.76 Å². The topological polar surface area (TPSA) is 76.1 Å². The van der Waals surface area contributed by atoms with E-state index in [9.17, 15) is 14.7 Å². The monoisotopic (exact) mass is 457 g/mol. The molecule has 1 aliphatic heterocycles. The Bertz CT molecular complexity index is 982. The number of aliphatic hydroxyl groups excluding tert-OH is 1. The average molecular weight is 458 g/mol. The summed E-state index contributed by atoms with van der Waals surface area (Å²) >= 11 is 6.03. The van der Waals surface area contributed by atoms with Crippen LogP contribution in [0.4, 0.5) is 0 Å². The fraction of sp³-hybridized carbons (Fsp3) is 0.360. The fourth-order valence-electron chi connectivity index (χ4n) is 3.61. The molecule has 0 saturated carbocycles. The van der Waals surface area contributed by atoms with Crippen molar-refractivity contribution < 1.29 is 24.2 Å². The van der Waals surface area contributed by atoms with Gasteiger partial charge < -0.3 is 19.5 Å². The number of likely N-dealkylation sites (tertiary alicyclic amines) is 1. The summed E-state index contributed by atoms with van der Waals surface area (Å²) in [6.07, 6.45) is 0.565. The number of Topliss-reactive ketones (excluding diaryl/α,β-unsaturated/α-hetero) is 1. The zero-order chi connectivity index (χ0) is 23.3. The highest BCUT2D eigenvalue weighted by Gasteiger charge is 2.45. The largest absolute Gasteiger partial charge is 0.507 e. The molecule has 3 rings (SSSR count). The number of ether oxygens (including phenoxy) is 2. The Morgan fingerprint density at radius 3 is 2.34 bits per heavy atom. The van der Waals surface area contributed by atoms with Gasteiger partial charge in [0.15, 0.2) is 0 Å². The maximum Gasteiger partial charge on any atom is 0.295 e. The smallest absolute Gasteiger partial charge is 0.295 e. The molecule has 7 heteroatoms. The van der Waals surface area contributed by atoms with Gasteiger partial charge in [0.05, 0.1) is 18.2 Å². The van der Waals surface area contributed by atoms with E-state index in [4.69, 9.17) is 21.1 Å². The first kappa shape index (κ1) is 23.8. The molecule has 0 aromatic heterocycles. The molecule has 1 heterocycles. The summed E-state index contributed by atoms with van der Waals surface area (Å²) in [5.74, 6) is -0.506. The first-order valence-electron chi connectivity index (χ1n) is 10.6. The molecule has 0 radical (unpaired) electrons. The summed E-state index contributed by atoms with van der Waals surface area (Å²) in [5.41, 5.74) is 1.20. The van der Waals surface area contributed by atoms with Gasteiger partial charge in [0, 0.05) is 30.8 Å². The van der Waals surface area contributed by atoms with E-state index in [0.717, 1.165) is 0 Å². The van der Waals surface area contributed by atoms with Gasteiger partial charge in [-0.05, 0) is 54.3 Å². The van der Waals surface area contributed by atoms with Crippen molar-refractivity contribution in [2.45, 2.75) is 26.3 Å². The average Bonchev–Trinajstić information content (AvgIpc) is 3.03. The van der Waals surface area contributed by atoms with Crippen molar-refractivity contribution in [1.29, 1.82) is 0 Å². The molecular formula is C25H28ClNO5. The predicted molar refractivity (Wildman–Crippen MR) is 124 cm³/mol. The highest BCUT2D eigenvalue weighted by molar-refractivity contribution is 6.46. The summed E-state index contributed by atoms with van der Waals surface area (Å²) < 4.78 is 10.8. The summed E-state index contributed by atoms with van der Waals surface area (Å²) in [5, 5.41) is 11.6. The lowest BCUT2D eigenvalue weighted by atomic mass is 9.95. The van der Waals surface area contributed by atoms with Crippen molar-refractivity contribution in [3.8, 4) is 5.75 Å². The van der Waals surface area contributed by atoms with Crippen LogP contribution in [0.3, 0.4) is 0 Å². The molecular weight excluding hydrogens is 430 g/mol. The second kappa shape index (κ2) is 10.7. The lowest BCUT2D eigenvalue weighted by molar-refractivity contribution is -0.140. The molecule has 1 amide bonds. The lowest BCUT2D eigenvalue weighted by Gasteiger charge is -2.25. The Hall–Kier alpha value is -2.83. The van der Waals surface area contributed by atoms with E-state index in [1.165, 1.54) is 4.90 Å². The van der Waals surface area contributed by atoms with Crippen molar-refractivity contribution in [1.82, 2.24) is 4.90 Å². The van der Waals surface area contributed by atoms with Gasteiger partial charge in [0.25, 0.3) is 11.7 Å². The number of halogens is 1. The van der Waals surface area contributed by atoms with Crippen molar-refractivity contribution in [2.24, 2.45) is 5.92 Å². The number of rotatable bonds is 9. The third kappa shape index (κ3) is 5.31. The number of benzene rings is 2. The maximum absolute atomic E-state index is 13.0. The SMILES string of the molecule is COCCCN1C(=O)C(=O)/C(=C(\O)c2ccc(OCC(C)C)cc2)C1c1ccc(Cl)cc1. The molecule has 170 valence electrons. The standard InChI is InChI=1S/C25H28ClNO5/c1-16(2)15-32-20-11-7-18(8-12-20)23(28)21-22(17-5-9-19(26)10-6-17)27(13-4-14-31-3)25(30)24(21)29/h5-12,16,22,28H,4,13-15H2,1-3H3/b23-21-. The van der Waals surface area contributed by atoms with Crippen LogP contribution < -0.4 is 4.74 Å². The summed E-state index contributed by atoms with van der Waals surface area (Å²) in [4.78, 5) is 27.3. The number of ketones is 1. The molecule has 32 heavy (non-hydrogen) atoms. The first-order chi connectivity index (χ1) is 15.3. The van der Waals surface area contributed by atoms with Gasteiger partial charge >= 0.3 is 0 Å². The molecule has 6 nitrogen and oxygen atoms in total. The zero-order valence-electron chi connectivity index (χ0n) is 18.5. The number of carbonyl (C=O) groups excluding carboxylic acids is 2.